The Bertz CT molecular complexity index is 466. The maximum Gasteiger partial charge on any atom is 0.0346 e. The van der Waals surface area contributed by atoms with Crippen molar-refractivity contribution in [1.29, 1.82) is 0 Å². The van der Waals surface area contributed by atoms with Crippen molar-refractivity contribution in [2.24, 2.45) is 5.73 Å². The number of benzene rings is 1. The zero-order chi connectivity index (χ0) is 10.1. The van der Waals surface area contributed by atoms with Crippen molar-refractivity contribution in [2.75, 3.05) is 0 Å². The summed E-state index contributed by atoms with van der Waals surface area (Å²) in [5.41, 5.74) is 7.07. The molecule has 0 fully saturated rings. The highest BCUT2D eigenvalue weighted by molar-refractivity contribution is 9.10. The van der Waals surface area contributed by atoms with Crippen LogP contribution in [0.2, 0.25) is 0 Å². The predicted molar refractivity (Wildman–Crippen MR) is 62.0 cm³/mol. The van der Waals surface area contributed by atoms with Gasteiger partial charge in [-0.15, -0.1) is 0 Å². The third-order valence-electron chi connectivity index (χ3n) is 2.26. The van der Waals surface area contributed by atoms with Crippen molar-refractivity contribution in [3.8, 4) is 0 Å². The average Bonchev–Trinajstić information content (AvgIpc) is 2.17. The number of aromatic nitrogens is 1. The van der Waals surface area contributed by atoms with Crippen LogP contribution in [-0.4, -0.2) is 4.98 Å². The van der Waals surface area contributed by atoms with Crippen LogP contribution < -0.4 is 5.73 Å². The lowest BCUT2D eigenvalue weighted by Crippen LogP contribution is -2.06. The van der Waals surface area contributed by atoms with Crippen LogP contribution in [-0.2, 0) is 0 Å². The first-order valence-electron chi connectivity index (χ1n) is 4.48. The number of rotatable bonds is 1. The Kier molecular flexibility index (Phi) is 2.52. The Labute approximate surface area is 91.3 Å². The molecule has 0 amide bonds. The van der Waals surface area contributed by atoms with Crippen LogP contribution in [0.25, 0.3) is 10.8 Å². The number of nitrogens with two attached hydrogens (primary N) is 1. The summed E-state index contributed by atoms with van der Waals surface area (Å²) in [6.07, 6.45) is 3.65. The molecule has 1 atom stereocenters. The molecule has 1 aromatic carbocycles. The number of nitrogens with zero attached hydrogens (tertiary/aromatic N) is 1. The van der Waals surface area contributed by atoms with Gasteiger partial charge in [-0.25, -0.2) is 0 Å². The molecule has 1 heterocycles. The predicted octanol–water partition coefficient (Wildman–Crippen LogP) is 3.02. The molecule has 2 aromatic rings. The van der Waals surface area contributed by atoms with E-state index in [1.807, 2.05) is 31.3 Å². The Hall–Kier alpha value is -0.930. The summed E-state index contributed by atoms with van der Waals surface area (Å²) in [5, 5.41) is 2.30. The highest BCUT2D eigenvalue weighted by Gasteiger charge is 2.09. The van der Waals surface area contributed by atoms with Gasteiger partial charge in [0.25, 0.3) is 0 Å². The van der Waals surface area contributed by atoms with Crippen LogP contribution in [0.1, 0.15) is 18.5 Å². The molecule has 0 aliphatic rings. The van der Waals surface area contributed by atoms with E-state index < -0.39 is 0 Å². The lowest BCUT2D eigenvalue weighted by molar-refractivity contribution is 0.822. The fourth-order valence-corrected chi connectivity index (χ4v) is 2.34. The standard InChI is InChI=1S/C11H11BrN2/c1-7(13)11-9-4-5-14-6-8(9)2-3-10(11)12/h2-7H,13H2,1H3. The third-order valence-corrected chi connectivity index (χ3v) is 2.96. The van der Waals surface area contributed by atoms with Crippen LogP contribution in [0.15, 0.2) is 35.1 Å². The summed E-state index contributed by atoms with van der Waals surface area (Å²) >= 11 is 3.52. The molecule has 0 radical (unpaired) electrons. The first-order valence-corrected chi connectivity index (χ1v) is 5.27. The molecule has 0 bridgehead atoms. The molecule has 3 heteroatoms. The molecule has 0 aliphatic heterocycles. The average molecular weight is 251 g/mol. The summed E-state index contributed by atoms with van der Waals surface area (Å²) < 4.78 is 1.06. The third kappa shape index (κ3) is 1.53. The molecule has 0 spiro atoms. The van der Waals surface area contributed by atoms with E-state index >= 15 is 0 Å². The molecular weight excluding hydrogens is 240 g/mol. The molecule has 2 rings (SSSR count). The Morgan fingerprint density at radius 2 is 2.14 bits per heavy atom. The van der Waals surface area contributed by atoms with E-state index in [4.69, 9.17) is 5.73 Å². The molecule has 0 saturated heterocycles. The topological polar surface area (TPSA) is 38.9 Å². The van der Waals surface area contributed by atoms with Gasteiger partial charge < -0.3 is 5.73 Å². The lowest BCUT2D eigenvalue weighted by Gasteiger charge is -2.11. The highest BCUT2D eigenvalue weighted by Crippen LogP contribution is 2.29. The molecule has 72 valence electrons. The second-order valence-electron chi connectivity index (χ2n) is 3.35. The fraction of sp³-hybridized carbons (Fsp3) is 0.182. The quantitative estimate of drug-likeness (QED) is 0.846. The Balaban J connectivity index is 2.83. The zero-order valence-corrected chi connectivity index (χ0v) is 9.45. The molecule has 0 saturated carbocycles. The van der Waals surface area contributed by atoms with Crippen molar-refractivity contribution in [3.63, 3.8) is 0 Å². The molecule has 2 N–H and O–H groups in total. The minimum absolute atomic E-state index is 0.0236. The van der Waals surface area contributed by atoms with Gasteiger partial charge in [-0.1, -0.05) is 22.0 Å². The Morgan fingerprint density at radius 3 is 2.86 bits per heavy atom. The second kappa shape index (κ2) is 3.67. The molecule has 2 nitrogen and oxygen atoms in total. The summed E-state index contributed by atoms with van der Waals surface area (Å²) in [5.74, 6) is 0. The lowest BCUT2D eigenvalue weighted by atomic mass is 10.0. The largest absolute Gasteiger partial charge is 0.324 e. The van der Waals surface area contributed by atoms with Gasteiger partial charge in [0.15, 0.2) is 0 Å². The minimum atomic E-state index is 0.0236. The summed E-state index contributed by atoms with van der Waals surface area (Å²) in [4.78, 5) is 4.09. The van der Waals surface area contributed by atoms with E-state index in [1.165, 1.54) is 5.39 Å². The van der Waals surface area contributed by atoms with E-state index in [0.29, 0.717) is 0 Å². The monoisotopic (exact) mass is 250 g/mol. The van der Waals surface area contributed by atoms with E-state index in [0.717, 1.165) is 15.4 Å². The molecule has 0 aliphatic carbocycles. The van der Waals surface area contributed by atoms with Gasteiger partial charge in [-0.2, -0.15) is 0 Å². The molecule has 1 aromatic heterocycles. The maximum absolute atomic E-state index is 5.93. The fourth-order valence-electron chi connectivity index (χ4n) is 1.63. The van der Waals surface area contributed by atoms with Crippen molar-refractivity contribution in [2.45, 2.75) is 13.0 Å². The van der Waals surface area contributed by atoms with Crippen LogP contribution in [0.3, 0.4) is 0 Å². The van der Waals surface area contributed by atoms with Crippen LogP contribution in [0.5, 0.6) is 0 Å². The first kappa shape index (κ1) is 9.62. The van der Waals surface area contributed by atoms with Gasteiger partial charge in [0.1, 0.15) is 0 Å². The van der Waals surface area contributed by atoms with Crippen LogP contribution >= 0.6 is 15.9 Å². The van der Waals surface area contributed by atoms with E-state index in [-0.39, 0.29) is 6.04 Å². The molecule has 1 unspecified atom stereocenters. The van der Waals surface area contributed by atoms with Gasteiger partial charge in [0.05, 0.1) is 0 Å². The molecule has 14 heavy (non-hydrogen) atoms. The number of fused-ring (bicyclic) bond motifs is 1. The zero-order valence-electron chi connectivity index (χ0n) is 7.87. The number of hydrogen-bond acceptors (Lipinski definition) is 2. The number of halogens is 1. The number of pyridine rings is 1. The second-order valence-corrected chi connectivity index (χ2v) is 4.20. The summed E-state index contributed by atoms with van der Waals surface area (Å²) in [6.45, 7) is 1.99. The first-order chi connectivity index (χ1) is 6.70. The van der Waals surface area contributed by atoms with Crippen molar-refractivity contribution in [1.82, 2.24) is 4.98 Å². The van der Waals surface area contributed by atoms with E-state index in [2.05, 4.69) is 20.9 Å². The smallest absolute Gasteiger partial charge is 0.0346 e. The van der Waals surface area contributed by atoms with Crippen LogP contribution in [0.4, 0.5) is 0 Å². The normalized spacial score (nSPS) is 13.1. The van der Waals surface area contributed by atoms with Gasteiger partial charge in [-0.05, 0) is 30.0 Å². The van der Waals surface area contributed by atoms with E-state index in [9.17, 15) is 0 Å². The highest BCUT2D eigenvalue weighted by atomic mass is 79.9. The molecular formula is C11H11BrN2. The van der Waals surface area contributed by atoms with Crippen LogP contribution in [0, 0.1) is 0 Å². The van der Waals surface area contributed by atoms with Gasteiger partial charge in [0.2, 0.25) is 0 Å². The van der Waals surface area contributed by atoms with Gasteiger partial charge >= 0.3 is 0 Å². The minimum Gasteiger partial charge on any atom is -0.324 e. The van der Waals surface area contributed by atoms with E-state index in [1.54, 1.807) is 6.20 Å². The van der Waals surface area contributed by atoms with Crippen molar-refractivity contribution in [3.05, 3.63) is 40.6 Å². The summed E-state index contributed by atoms with van der Waals surface area (Å²) in [6, 6.07) is 6.08. The van der Waals surface area contributed by atoms with Gasteiger partial charge in [-0.3, -0.25) is 4.98 Å². The van der Waals surface area contributed by atoms with Gasteiger partial charge in [0, 0.05) is 28.3 Å². The van der Waals surface area contributed by atoms with Crippen molar-refractivity contribution >= 4 is 26.7 Å². The van der Waals surface area contributed by atoms with Crippen molar-refractivity contribution < 1.29 is 0 Å². The summed E-state index contributed by atoms with van der Waals surface area (Å²) in [7, 11) is 0. The SMILES string of the molecule is CC(N)c1c(Br)ccc2cnccc12. The number of hydrogen-bond donors (Lipinski definition) is 1. The maximum atomic E-state index is 5.93. The Morgan fingerprint density at radius 1 is 1.36 bits per heavy atom.